The van der Waals surface area contributed by atoms with E-state index in [1.807, 2.05) is 83.8 Å². The number of carbonyl (C=O) groups is 3. The molecule has 5 aliphatic carbocycles. The molecule has 11 aliphatic rings. The lowest BCUT2D eigenvalue weighted by Crippen LogP contribution is -2.54. The summed E-state index contributed by atoms with van der Waals surface area (Å²) in [4.78, 5) is 55.9. The van der Waals surface area contributed by atoms with Crippen molar-refractivity contribution in [3.8, 4) is 0 Å². The number of anilines is 2. The standard InChI is InChI=1S/C17H29N.C14H27N.C9H12N2.3C8H16N2O/c1-17(2)9-15(10-18(17)3)16-13-5-11-4-12(7-13)8-14(16)6-11;1-11-6-7-12(2)14(8-11)9-13(3,4)15(5)10-14;1-10-7-11(2)9-6-4-3-5-8(9)10;3*1-8(2)5-9(3)6-10(4)7(8)11/h11-16H,4-10H2,1-3H3;11-12H,6-10H2,1-5H3;3-6H,7H2,1-2H3;3*5-6H2,1-4H3/t;11-,12-,14+;;;;/m.1..../s1. The average molecular weight is 1070 g/mol. The molecule has 13 heteroatoms. The van der Waals surface area contributed by atoms with Crippen LogP contribution in [0.5, 0.6) is 0 Å². The van der Waals surface area contributed by atoms with Crippen molar-refractivity contribution < 1.29 is 14.4 Å². The molecule has 12 rings (SSSR count). The normalized spacial score (nSPS) is 34.9. The zero-order valence-corrected chi connectivity index (χ0v) is 53.6. The monoisotopic (exact) mass is 1070 g/mol. The van der Waals surface area contributed by atoms with Gasteiger partial charge in [-0.2, -0.15) is 0 Å². The number of hydrogen-bond acceptors (Lipinski definition) is 10. The largest absolute Gasteiger partial charge is 0.355 e. The van der Waals surface area contributed by atoms with Crippen LogP contribution in [0.25, 0.3) is 0 Å². The topological polar surface area (TPSA) is 83.6 Å². The predicted octanol–water partition coefficient (Wildman–Crippen LogP) is 9.98. The van der Waals surface area contributed by atoms with Crippen molar-refractivity contribution in [1.82, 2.24) is 39.2 Å². The van der Waals surface area contributed by atoms with Crippen LogP contribution in [0.3, 0.4) is 0 Å². The Labute approximate surface area is 472 Å². The minimum Gasteiger partial charge on any atom is -0.355 e. The molecule has 5 saturated carbocycles. The van der Waals surface area contributed by atoms with Gasteiger partial charge < -0.3 is 34.3 Å². The van der Waals surface area contributed by atoms with Gasteiger partial charge in [0.05, 0.1) is 54.3 Å². The Bertz CT molecular complexity index is 2010. The summed E-state index contributed by atoms with van der Waals surface area (Å²) >= 11 is 0. The summed E-state index contributed by atoms with van der Waals surface area (Å²) < 4.78 is 0. The van der Waals surface area contributed by atoms with Crippen molar-refractivity contribution >= 4 is 29.1 Å². The highest BCUT2D eigenvalue weighted by molar-refractivity contribution is 5.83. The maximum atomic E-state index is 11.5. The minimum absolute atomic E-state index is 0.207. The summed E-state index contributed by atoms with van der Waals surface area (Å²) in [7, 11) is 20.5. The number of amides is 3. The van der Waals surface area contributed by atoms with E-state index >= 15 is 0 Å². The predicted molar refractivity (Wildman–Crippen MR) is 322 cm³/mol. The molecule has 13 nitrogen and oxygen atoms in total. The van der Waals surface area contributed by atoms with Crippen molar-refractivity contribution in [2.24, 2.45) is 69.0 Å². The Morgan fingerprint density at radius 3 is 1.18 bits per heavy atom. The lowest BCUT2D eigenvalue weighted by Gasteiger charge is -2.56. The second-order valence-corrected chi connectivity index (χ2v) is 30.8. The van der Waals surface area contributed by atoms with Crippen molar-refractivity contribution in [1.29, 1.82) is 0 Å². The van der Waals surface area contributed by atoms with Crippen LogP contribution in [0.15, 0.2) is 24.3 Å². The van der Waals surface area contributed by atoms with Gasteiger partial charge in [0.25, 0.3) is 0 Å². The summed E-state index contributed by atoms with van der Waals surface area (Å²) in [6, 6.07) is 8.46. The first-order chi connectivity index (χ1) is 35.5. The summed E-state index contributed by atoms with van der Waals surface area (Å²) in [6.07, 6.45) is 15.2. The molecule has 1 aromatic rings. The van der Waals surface area contributed by atoms with Crippen molar-refractivity contribution in [2.45, 2.75) is 158 Å². The summed E-state index contributed by atoms with van der Waals surface area (Å²) in [5.74, 6) is 9.24. The number of fused-ring (bicyclic) bond motifs is 1. The summed E-state index contributed by atoms with van der Waals surface area (Å²) in [6.45, 7) is 35.1. The molecule has 0 radical (unpaired) electrons. The zero-order chi connectivity index (χ0) is 57.5. The van der Waals surface area contributed by atoms with Gasteiger partial charge in [0.2, 0.25) is 17.7 Å². The van der Waals surface area contributed by atoms with Gasteiger partial charge in [0.15, 0.2) is 0 Å². The van der Waals surface area contributed by atoms with Crippen molar-refractivity contribution in [3.63, 3.8) is 0 Å². The van der Waals surface area contributed by atoms with Gasteiger partial charge in [-0.25, -0.2) is 0 Å². The molecule has 0 N–H and O–H groups in total. The molecular weight excluding hydrogens is 957 g/mol. The van der Waals surface area contributed by atoms with E-state index in [1.165, 1.54) is 56.6 Å². The minimum atomic E-state index is -0.207. The van der Waals surface area contributed by atoms with E-state index in [1.54, 1.807) is 46.8 Å². The van der Waals surface area contributed by atoms with Crippen molar-refractivity contribution in [3.05, 3.63) is 24.3 Å². The molecule has 77 heavy (non-hydrogen) atoms. The maximum Gasteiger partial charge on any atom is 0.230 e. The Kier molecular flexibility index (Phi) is 19.9. The van der Waals surface area contributed by atoms with Crippen LogP contribution in [0, 0.1) is 69.0 Å². The SMILES string of the molecule is CN1CC(C2C3CC4CC(C3)CC2C4)CC1(C)C.CN1CN(C)C(=O)C(C)(C)C1.CN1CN(C)C(=O)C(C)(C)C1.CN1CN(C)C(=O)C(C)(C)C1.CN1CN(C)c2ccccc21.C[C@@H]1CC[C@@H](C)[C@]2(C1)CN(C)C(C)(C)C2. The number of para-hydroxylation sites is 2. The molecular formula is C64H116N10O3. The molecule has 3 amide bonds. The Hall–Kier alpha value is -2.97. The second-order valence-electron chi connectivity index (χ2n) is 30.8. The smallest absolute Gasteiger partial charge is 0.230 e. The van der Waals surface area contributed by atoms with Gasteiger partial charge >= 0.3 is 0 Å². The first kappa shape index (κ1) is 63.2. The zero-order valence-electron chi connectivity index (χ0n) is 53.6. The van der Waals surface area contributed by atoms with Gasteiger partial charge in [-0.1, -0.05) is 32.4 Å². The quantitative estimate of drug-likeness (QED) is 0.271. The molecule has 6 heterocycles. The molecule has 4 atom stereocenters. The van der Waals surface area contributed by atoms with Crippen LogP contribution in [0.2, 0.25) is 0 Å². The lowest BCUT2D eigenvalue weighted by molar-refractivity contribution is -0.148. The highest BCUT2D eigenvalue weighted by Gasteiger charge is 2.54. The number of nitrogens with zero attached hydrogens (tertiary/aromatic N) is 10. The van der Waals surface area contributed by atoms with Gasteiger partial charge in [-0.3, -0.25) is 29.1 Å². The van der Waals surface area contributed by atoms with Crippen LogP contribution >= 0.6 is 0 Å². The third kappa shape index (κ3) is 14.9. The Balaban J connectivity index is 0.000000152. The highest BCUT2D eigenvalue weighted by atomic mass is 16.2. The van der Waals surface area contributed by atoms with Gasteiger partial charge in [-0.15, -0.1) is 0 Å². The van der Waals surface area contributed by atoms with E-state index in [0.29, 0.717) is 16.5 Å². The molecule has 5 saturated heterocycles. The number of benzene rings is 1. The molecule has 1 spiro atoms. The Morgan fingerprint density at radius 1 is 0.442 bits per heavy atom. The van der Waals surface area contributed by atoms with Crippen molar-refractivity contribution in [2.75, 3.05) is 140 Å². The van der Waals surface area contributed by atoms with Gasteiger partial charge in [0, 0.05) is 79.0 Å². The van der Waals surface area contributed by atoms with Crippen LogP contribution in [-0.2, 0) is 14.4 Å². The average Bonchev–Trinajstić information content (AvgIpc) is 3.88. The van der Waals surface area contributed by atoms with Crippen LogP contribution < -0.4 is 9.80 Å². The lowest BCUT2D eigenvalue weighted by atomic mass is 9.49. The Morgan fingerprint density at radius 2 is 0.844 bits per heavy atom. The van der Waals surface area contributed by atoms with E-state index in [0.717, 1.165) is 93.7 Å². The fourth-order valence-electron chi connectivity index (χ4n) is 17.3. The van der Waals surface area contributed by atoms with E-state index in [9.17, 15) is 14.4 Å². The number of carbonyl (C=O) groups excluding carboxylic acids is 3. The molecule has 1 unspecified atom stereocenters. The van der Waals surface area contributed by atoms with E-state index in [-0.39, 0.29) is 34.0 Å². The number of rotatable bonds is 1. The summed E-state index contributed by atoms with van der Waals surface area (Å²) in [5, 5.41) is 0. The van der Waals surface area contributed by atoms with Gasteiger partial charge in [0.1, 0.15) is 0 Å². The van der Waals surface area contributed by atoms with E-state index in [2.05, 4.69) is 128 Å². The molecule has 0 aromatic heterocycles. The molecule has 440 valence electrons. The van der Waals surface area contributed by atoms with E-state index in [4.69, 9.17) is 0 Å². The first-order valence-corrected chi connectivity index (χ1v) is 30.2. The third-order valence-corrected chi connectivity index (χ3v) is 20.7. The maximum absolute atomic E-state index is 11.5. The number of likely N-dealkylation sites (tertiary alicyclic amines) is 2. The van der Waals surface area contributed by atoms with Gasteiger partial charge in [-0.05, 0) is 227 Å². The third-order valence-electron chi connectivity index (χ3n) is 20.7. The highest BCUT2D eigenvalue weighted by Crippen LogP contribution is 2.60. The fourth-order valence-corrected chi connectivity index (χ4v) is 17.3. The molecule has 1 aromatic carbocycles. The fraction of sp³-hybridized carbons (Fsp3) is 0.859. The molecule has 6 aliphatic heterocycles. The van der Waals surface area contributed by atoms with Crippen LogP contribution in [-0.4, -0.2) is 198 Å². The summed E-state index contributed by atoms with van der Waals surface area (Å²) in [5.41, 5.74) is 3.55. The molecule has 10 fully saturated rings. The second kappa shape index (κ2) is 24.2. The number of hydrogen-bond donors (Lipinski definition) is 0. The van der Waals surface area contributed by atoms with E-state index < -0.39 is 0 Å². The van der Waals surface area contributed by atoms with Crippen LogP contribution in [0.1, 0.15) is 147 Å². The molecule has 4 bridgehead atoms. The first-order valence-electron chi connectivity index (χ1n) is 30.2. The van der Waals surface area contributed by atoms with Crippen LogP contribution in [0.4, 0.5) is 11.4 Å².